The molecule has 1 amide bonds. The number of methoxy groups -OCH3 is 1. The van der Waals surface area contributed by atoms with Gasteiger partial charge in [-0.2, -0.15) is 0 Å². The van der Waals surface area contributed by atoms with E-state index in [2.05, 4.69) is 26.2 Å². The van der Waals surface area contributed by atoms with Crippen molar-refractivity contribution in [3.8, 4) is 0 Å². The third kappa shape index (κ3) is 3.23. The monoisotopic (exact) mass is 329 g/mol. The van der Waals surface area contributed by atoms with E-state index in [1.807, 2.05) is 0 Å². The number of anilines is 1. The molecule has 1 saturated heterocycles. The number of nitrogen functional groups attached to an aromatic ring is 1. The molecular weight excluding hydrogens is 314 g/mol. The first-order valence-electron chi connectivity index (χ1n) is 5.88. The Morgan fingerprint density at radius 3 is 3.16 bits per heavy atom. The quantitative estimate of drug-likeness (QED) is 0.859. The van der Waals surface area contributed by atoms with Gasteiger partial charge in [-0.1, -0.05) is 0 Å². The van der Waals surface area contributed by atoms with Crippen molar-refractivity contribution in [1.29, 1.82) is 0 Å². The molecule has 1 aromatic heterocycles. The molecule has 1 atom stereocenters. The topological polar surface area (TPSA) is 86.5 Å². The Morgan fingerprint density at radius 2 is 2.53 bits per heavy atom. The molecule has 1 aromatic rings. The predicted octanol–water partition coefficient (Wildman–Crippen LogP) is 0.962. The number of aromatic nitrogens is 1. The minimum Gasteiger partial charge on any atom is -0.383 e. The molecule has 6 nitrogen and oxygen atoms in total. The van der Waals surface area contributed by atoms with Crippen LogP contribution in [0.2, 0.25) is 0 Å². The number of hydrogen-bond acceptors (Lipinski definition) is 5. The molecule has 0 aliphatic carbocycles. The maximum Gasteiger partial charge on any atom is 0.255 e. The van der Waals surface area contributed by atoms with Gasteiger partial charge in [0.2, 0.25) is 0 Å². The fraction of sp³-hybridized carbons (Fsp3) is 0.500. The average Bonchev–Trinajstić information content (AvgIpc) is 2.88. The van der Waals surface area contributed by atoms with Crippen molar-refractivity contribution in [3.05, 3.63) is 22.3 Å². The molecule has 2 heterocycles. The summed E-state index contributed by atoms with van der Waals surface area (Å²) in [5.74, 6) is -0.0653. The van der Waals surface area contributed by atoms with Crippen LogP contribution in [0.1, 0.15) is 16.8 Å². The van der Waals surface area contributed by atoms with E-state index in [-0.39, 0.29) is 11.7 Å². The fourth-order valence-corrected chi connectivity index (χ4v) is 2.26. The lowest BCUT2D eigenvalue weighted by Gasteiger charge is -2.25. The van der Waals surface area contributed by atoms with Gasteiger partial charge in [-0.05, 0) is 22.0 Å². The highest BCUT2D eigenvalue weighted by Crippen LogP contribution is 2.22. The molecule has 1 fully saturated rings. The number of amides is 1. The van der Waals surface area contributed by atoms with E-state index in [9.17, 15) is 4.79 Å². The number of carbonyl (C=O) groups excluding carboxylic acids is 1. The second-order valence-corrected chi connectivity index (χ2v) is 5.37. The molecule has 19 heavy (non-hydrogen) atoms. The van der Waals surface area contributed by atoms with E-state index in [4.69, 9.17) is 15.2 Å². The minimum absolute atomic E-state index is 0.204. The minimum atomic E-state index is -0.441. The number of nitrogens with two attached hydrogens (primary N) is 1. The molecule has 0 bridgehead atoms. The van der Waals surface area contributed by atoms with Crippen molar-refractivity contribution in [2.45, 2.75) is 12.0 Å². The summed E-state index contributed by atoms with van der Waals surface area (Å²) in [4.78, 5) is 16.0. The van der Waals surface area contributed by atoms with Gasteiger partial charge in [0.25, 0.3) is 5.91 Å². The number of carbonyl (C=O) groups is 1. The van der Waals surface area contributed by atoms with Gasteiger partial charge in [0.15, 0.2) is 0 Å². The number of ether oxygens (including phenoxy) is 2. The van der Waals surface area contributed by atoms with Crippen LogP contribution in [-0.4, -0.2) is 43.4 Å². The van der Waals surface area contributed by atoms with Gasteiger partial charge < -0.3 is 20.5 Å². The Labute approximate surface area is 119 Å². The summed E-state index contributed by atoms with van der Waals surface area (Å²) in [5, 5.41) is 2.82. The van der Waals surface area contributed by atoms with E-state index >= 15 is 0 Å². The number of halogens is 1. The van der Waals surface area contributed by atoms with Gasteiger partial charge in [-0.3, -0.25) is 4.79 Å². The lowest BCUT2D eigenvalue weighted by molar-refractivity contribution is -0.0148. The first-order valence-corrected chi connectivity index (χ1v) is 6.68. The first-order chi connectivity index (χ1) is 9.06. The van der Waals surface area contributed by atoms with Crippen molar-refractivity contribution in [2.24, 2.45) is 0 Å². The molecule has 1 aliphatic rings. The maximum atomic E-state index is 12.1. The summed E-state index contributed by atoms with van der Waals surface area (Å²) in [6, 6.07) is 1.64. The van der Waals surface area contributed by atoms with Crippen molar-refractivity contribution < 1.29 is 14.3 Å². The summed E-state index contributed by atoms with van der Waals surface area (Å²) < 4.78 is 11.5. The standard InChI is InChI=1S/C12H16BrN3O3/c1-18-12(2-3-19-7-12)6-16-11(17)9-4-8(13)5-15-10(9)14/h4-5H,2-3,6-7H2,1H3,(H2,14,15)(H,16,17). The zero-order valence-corrected chi connectivity index (χ0v) is 12.2. The van der Waals surface area contributed by atoms with Crippen LogP contribution in [0.5, 0.6) is 0 Å². The number of rotatable bonds is 4. The molecule has 1 aliphatic heterocycles. The smallest absolute Gasteiger partial charge is 0.255 e. The molecule has 0 radical (unpaired) electrons. The lowest BCUT2D eigenvalue weighted by Crippen LogP contribution is -2.45. The molecule has 1 unspecified atom stereocenters. The van der Waals surface area contributed by atoms with E-state index < -0.39 is 5.60 Å². The highest BCUT2D eigenvalue weighted by Gasteiger charge is 2.35. The van der Waals surface area contributed by atoms with Crippen molar-refractivity contribution >= 4 is 27.7 Å². The van der Waals surface area contributed by atoms with Gasteiger partial charge in [0.1, 0.15) is 11.4 Å². The van der Waals surface area contributed by atoms with Gasteiger partial charge >= 0.3 is 0 Å². The largest absolute Gasteiger partial charge is 0.383 e. The molecule has 7 heteroatoms. The van der Waals surface area contributed by atoms with Gasteiger partial charge in [0.05, 0.1) is 12.2 Å². The van der Waals surface area contributed by atoms with Gasteiger partial charge in [0, 0.05) is 37.4 Å². The fourth-order valence-electron chi connectivity index (χ4n) is 1.93. The van der Waals surface area contributed by atoms with Crippen LogP contribution in [0.4, 0.5) is 5.82 Å². The molecule has 3 N–H and O–H groups in total. The van der Waals surface area contributed by atoms with Crippen LogP contribution in [-0.2, 0) is 9.47 Å². The van der Waals surface area contributed by atoms with E-state index in [1.165, 1.54) is 0 Å². The summed E-state index contributed by atoms with van der Waals surface area (Å²) in [6.07, 6.45) is 2.31. The zero-order chi connectivity index (χ0) is 13.9. The normalized spacial score (nSPS) is 22.4. The van der Waals surface area contributed by atoms with Crippen LogP contribution in [0.25, 0.3) is 0 Å². The third-order valence-electron chi connectivity index (χ3n) is 3.20. The number of nitrogens with zero attached hydrogens (tertiary/aromatic N) is 1. The van der Waals surface area contributed by atoms with Gasteiger partial charge in [-0.25, -0.2) is 4.98 Å². The molecule has 0 saturated carbocycles. The molecule has 104 valence electrons. The third-order valence-corrected chi connectivity index (χ3v) is 3.63. The van der Waals surface area contributed by atoms with E-state index in [0.29, 0.717) is 29.8 Å². The predicted molar refractivity (Wildman–Crippen MR) is 73.9 cm³/mol. The Kier molecular flexibility index (Phi) is 4.38. The van der Waals surface area contributed by atoms with Crippen molar-refractivity contribution in [1.82, 2.24) is 10.3 Å². The number of nitrogens with one attached hydrogen (secondary N) is 1. The highest BCUT2D eigenvalue weighted by atomic mass is 79.9. The highest BCUT2D eigenvalue weighted by molar-refractivity contribution is 9.10. The van der Waals surface area contributed by atoms with Crippen LogP contribution in [0, 0.1) is 0 Å². The van der Waals surface area contributed by atoms with Gasteiger partial charge in [-0.15, -0.1) is 0 Å². The first kappa shape index (κ1) is 14.2. The Morgan fingerprint density at radius 1 is 1.74 bits per heavy atom. The summed E-state index contributed by atoms with van der Waals surface area (Å²) in [6.45, 7) is 1.51. The summed E-state index contributed by atoms with van der Waals surface area (Å²) >= 11 is 3.26. The number of pyridine rings is 1. The molecule has 0 spiro atoms. The van der Waals surface area contributed by atoms with Crippen molar-refractivity contribution in [2.75, 3.05) is 32.6 Å². The molecule has 2 rings (SSSR count). The summed E-state index contributed by atoms with van der Waals surface area (Å²) in [7, 11) is 1.62. The lowest BCUT2D eigenvalue weighted by atomic mass is 10.0. The average molecular weight is 330 g/mol. The van der Waals surface area contributed by atoms with E-state index in [0.717, 1.165) is 6.42 Å². The Bertz CT molecular complexity index is 475. The van der Waals surface area contributed by atoms with Crippen LogP contribution >= 0.6 is 15.9 Å². The Hall–Kier alpha value is -1.18. The SMILES string of the molecule is COC1(CNC(=O)c2cc(Br)cnc2N)CCOC1. The Balaban J connectivity index is 2.03. The number of hydrogen-bond donors (Lipinski definition) is 2. The molecular formula is C12H16BrN3O3. The zero-order valence-electron chi connectivity index (χ0n) is 10.6. The van der Waals surface area contributed by atoms with E-state index in [1.54, 1.807) is 19.4 Å². The second kappa shape index (κ2) is 5.85. The van der Waals surface area contributed by atoms with Crippen LogP contribution in [0.3, 0.4) is 0 Å². The van der Waals surface area contributed by atoms with Crippen LogP contribution < -0.4 is 11.1 Å². The second-order valence-electron chi connectivity index (χ2n) is 4.46. The summed E-state index contributed by atoms with van der Waals surface area (Å²) in [5.41, 5.74) is 5.60. The molecule has 0 aromatic carbocycles. The maximum absolute atomic E-state index is 12.1. The van der Waals surface area contributed by atoms with Crippen LogP contribution in [0.15, 0.2) is 16.7 Å². The van der Waals surface area contributed by atoms with Crippen molar-refractivity contribution in [3.63, 3.8) is 0 Å².